The summed E-state index contributed by atoms with van der Waals surface area (Å²) < 4.78 is 23.4. The van der Waals surface area contributed by atoms with Crippen molar-refractivity contribution in [2.24, 2.45) is 0 Å². The van der Waals surface area contributed by atoms with Gasteiger partial charge in [0.05, 0.1) is 0 Å². The van der Waals surface area contributed by atoms with Gasteiger partial charge in [-0.3, -0.25) is 4.79 Å². The van der Waals surface area contributed by atoms with E-state index in [2.05, 4.69) is 4.90 Å². The largest absolute Gasteiger partial charge is 0.466 e. The molecule has 1 aromatic heterocycles. The van der Waals surface area contributed by atoms with Crippen LogP contribution in [0, 0.1) is 19.7 Å². The van der Waals surface area contributed by atoms with E-state index in [0.29, 0.717) is 43.3 Å². The van der Waals surface area contributed by atoms with Gasteiger partial charge in [0, 0.05) is 31.9 Å². The number of carbonyl (C=O) groups excluding carboxylic acids is 2. The van der Waals surface area contributed by atoms with Gasteiger partial charge in [-0.2, -0.15) is 0 Å². The molecule has 0 bridgehead atoms. The summed E-state index contributed by atoms with van der Waals surface area (Å²) >= 11 is 0. The Morgan fingerprint density at radius 2 is 1.77 bits per heavy atom. The number of amides is 1. The highest BCUT2D eigenvalue weighted by Crippen LogP contribution is 2.17. The average Bonchev–Trinajstić information content (AvgIpc) is 2.98. The average molecular weight is 360 g/mol. The Bertz CT molecular complexity index is 792. The molecule has 1 aliphatic rings. The van der Waals surface area contributed by atoms with E-state index in [0.717, 1.165) is 5.69 Å². The first kappa shape index (κ1) is 18.0. The quantitative estimate of drug-likeness (QED) is 0.784. The maximum atomic E-state index is 13.0. The fraction of sp³-hybridized carbons (Fsp3) is 0.368. The molecule has 0 radical (unpaired) electrons. The molecule has 138 valence electrons. The fourth-order valence-corrected chi connectivity index (χ4v) is 3.00. The summed E-state index contributed by atoms with van der Waals surface area (Å²) in [6, 6.07) is 7.90. The van der Waals surface area contributed by atoms with Crippen molar-refractivity contribution in [3.05, 3.63) is 53.2 Å². The molecule has 0 atom stereocenters. The van der Waals surface area contributed by atoms with E-state index in [1.807, 2.05) is 0 Å². The predicted molar refractivity (Wildman–Crippen MR) is 93.7 cm³/mol. The minimum Gasteiger partial charge on any atom is -0.466 e. The van der Waals surface area contributed by atoms with E-state index in [1.165, 1.54) is 12.1 Å². The Morgan fingerprint density at radius 3 is 2.35 bits per heavy atom. The number of anilines is 1. The number of halogens is 1. The smallest absolute Gasteiger partial charge is 0.342 e. The molecule has 7 heteroatoms. The minimum atomic E-state index is -0.558. The van der Waals surface area contributed by atoms with Gasteiger partial charge in [-0.25, -0.2) is 9.18 Å². The summed E-state index contributed by atoms with van der Waals surface area (Å²) in [7, 11) is 0. The number of hydrogen-bond acceptors (Lipinski definition) is 5. The van der Waals surface area contributed by atoms with Gasteiger partial charge >= 0.3 is 5.97 Å². The second-order valence-electron chi connectivity index (χ2n) is 6.25. The first-order valence-corrected chi connectivity index (χ1v) is 8.46. The highest BCUT2D eigenvalue weighted by molar-refractivity contribution is 5.92. The Hall–Kier alpha value is -2.83. The van der Waals surface area contributed by atoms with Crippen molar-refractivity contribution in [3.8, 4) is 0 Å². The molecule has 3 rings (SSSR count). The molecular weight excluding hydrogens is 339 g/mol. The fourth-order valence-electron chi connectivity index (χ4n) is 3.00. The van der Waals surface area contributed by atoms with Gasteiger partial charge in [-0.05, 0) is 44.2 Å². The molecule has 0 aliphatic carbocycles. The number of rotatable bonds is 4. The standard InChI is InChI=1S/C19H21FN2O4/c1-13-11-17(14(2)26-13)19(24)25-12-18(23)22-9-7-21(8-10-22)16-5-3-15(20)4-6-16/h3-6,11H,7-10,12H2,1-2H3. The normalized spacial score (nSPS) is 14.4. The number of esters is 1. The molecule has 26 heavy (non-hydrogen) atoms. The maximum Gasteiger partial charge on any atom is 0.342 e. The zero-order valence-corrected chi connectivity index (χ0v) is 14.8. The Labute approximate surface area is 151 Å². The van der Waals surface area contributed by atoms with Gasteiger partial charge < -0.3 is 19.0 Å². The third-order valence-corrected chi connectivity index (χ3v) is 4.41. The molecule has 1 aromatic carbocycles. The Morgan fingerprint density at radius 1 is 1.12 bits per heavy atom. The van der Waals surface area contributed by atoms with Crippen LogP contribution in [0.25, 0.3) is 0 Å². The summed E-state index contributed by atoms with van der Waals surface area (Å²) in [6.45, 7) is 5.47. The van der Waals surface area contributed by atoms with Gasteiger partial charge in [0.15, 0.2) is 6.61 Å². The lowest BCUT2D eigenvalue weighted by Gasteiger charge is -2.36. The number of piperazine rings is 1. The third-order valence-electron chi connectivity index (χ3n) is 4.41. The molecule has 1 amide bonds. The zero-order chi connectivity index (χ0) is 18.7. The van der Waals surface area contributed by atoms with Crippen LogP contribution in [0.3, 0.4) is 0 Å². The van der Waals surface area contributed by atoms with Crippen LogP contribution in [-0.2, 0) is 9.53 Å². The van der Waals surface area contributed by atoms with Crippen LogP contribution in [0.15, 0.2) is 34.7 Å². The SMILES string of the molecule is Cc1cc(C(=O)OCC(=O)N2CCN(c3ccc(F)cc3)CC2)c(C)o1. The summed E-state index contributed by atoms with van der Waals surface area (Å²) in [5.41, 5.74) is 1.27. The van der Waals surface area contributed by atoms with Crippen molar-refractivity contribution in [2.45, 2.75) is 13.8 Å². The minimum absolute atomic E-state index is 0.227. The van der Waals surface area contributed by atoms with E-state index < -0.39 is 5.97 Å². The summed E-state index contributed by atoms with van der Waals surface area (Å²) in [5.74, 6) is 0.0469. The lowest BCUT2D eigenvalue weighted by molar-refractivity contribution is -0.134. The molecule has 0 saturated carbocycles. The lowest BCUT2D eigenvalue weighted by atomic mass is 10.2. The van der Waals surface area contributed by atoms with E-state index in [-0.39, 0.29) is 18.3 Å². The Balaban J connectivity index is 1.48. The number of hydrogen-bond donors (Lipinski definition) is 0. The van der Waals surface area contributed by atoms with Crippen LogP contribution in [0.1, 0.15) is 21.9 Å². The van der Waals surface area contributed by atoms with Crippen molar-refractivity contribution in [1.82, 2.24) is 4.90 Å². The van der Waals surface area contributed by atoms with Crippen LogP contribution >= 0.6 is 0 Å². The number of furan rings is 1. The summed E-state index contributed by atoms with van der Waals surface area (Å²) in [6.07, 6.45) is 0. The van der Waals surface area contributed by atoms with E-state index in [4.69, 9.17) is 9.15 Å². The molecular formula is C19H21FN2O4. The molecule has 1 fully saturated rings. The van der Waals surface area contributed by atoms with Gasteiger partial charge in [0.25, 0.3) is 5.91 Å². The summed E-state index contributed by atoms with van der Waals surface area (Å²) in [5, 5.41) is 0. The number of nitrogens with zero attached hydrogens (tertiary/aromatic N) is 2. The maximum absolute atomic E-state index is 13.0. The molecule has 2 aromatic rings. The number of ether oxygens (including phenoxy) is 1. The number of carbonyl (C=O) groups is 2. The van der Waals surface area contributed by atoms with Crippen molar-refractivity contribution < 1.29 is 23.1 Å². The monoisotopic (exact) mass is 360 g/mol. The Kier molecular flexibility index (Phi) is 5.25. The van der Waals surface area contributed by atoms with Crippen molar-refractivity contribution in [1.29, 1.82) is 0 Å². The molecule has 1 saturated heterocycles. The van der Waals surface area contributed by atoms with Gasteiger partial charge in [-0.15, -0.1) is 0 Å². The van der Waals surface area contributed by atoms with Gasteiger partial charge in [-0.1, -0.05) is 0 Å². The van der Waals surface area contributed by atoms with Crippen LogP contribution in [-0.4, -0.2) is 49.6 Å². The molecule has 2 heterocycles. The lowest BCUT2D eigenvalue weighted by Crippen LogP contribution is -2.49. The van der Waals surface area contributed by atoms with Crippen molar-refractivity contribution in [2.75, 3.05) is 37.7 Å². The first-order chi connectivity index (χ1) is 12.4. The van der Waals surface area contributed by atoms with E-state index >= 15 is 0 Å². The van der Waals surface area contributed by atoms with E-state index in [1.54, 1.807) is 36.9 Å². The van der Waals surface area contributed by atoms with Gasteiger partial charge in [0.2, 0.25) is 0 Å². The van der Waals surface area contributed by atoms with Crippen LogP contribution in [0.5, 0.6) is 0 Å². The predicted octanol–water partition coefficient (Wildman–Crippen LogP) is 2.54. The molecule has 0 N–H and O–H groups in total. The van der Waals surface area contributed by atoms with Crippen LogP contribution < -0.4 is 4.90 Å². The number of aryl methyl sites for hydroxylation is 2. The number of benzene rings is 1. The van der Waals surface area contributed by atoms with Crippen molar-refractivity contribution in [3.63, 3.8) is 0 Å². The zero-order valence-electron chi connectivity index (χ0n) is 14.8. The second-order valence-corrected chi connectivity index (χ2v) is 6.25. The molecule has 6 nitrogen and oxygen atoms in total. The molecule has 0 unspecified atom stereocenters. The third kappa shape index (κ3) is 4.04. The van der Waals surface area contributed by atoms with Crippen LogP contribution in [0.4, 0.5) is 10.1 Å². The second kappa shape index (κ2) is 7.59. The summed E-state index contributed by atoms with van der Waals surface area (Å²) in [4.78, 5) is 28.1. The van der Waals surface area contributed by atoms with Crippen molar-refractivity contribution >= 4 is 17.6 Å². The van der Waals surface area contributed by atoms with Crippen LogP contribution in [0.2, 0.25) is 0 Å². The molecule has 0 spiro atoms. The topological polar surface area (TPSA) is 63.0 Å². The highest BCUT2D eigenvalue weighted by atomic mass is 19.1. The van der Waals surface area contributed by atoms with E-state index in [9.17, 15) is 14.0 Å². The first-order valence-electron chi connectivity index (χ1n) is 8.46. The molecule has 1 aliphatic heterocycles. The highest BCUT2D eigenvalue weighted by Gasteiger charge is 2.23. The van der Waals surface area contributed by atoms with Gasteiger partial charge in [0.1, 0.15) is 22.9 Å².